The van der Waals surface area contributed by atoms with Crippen molar-refractivity contribution in [3.8, 4) is 0 Å². The van der Waals surface area contributed by atoms with E-state index in [2.05, 4.69) is 6.58 Å². The second kappa shape index (κ2) is 6.17. The van der Waals surface area contributed by atoms with E-state index in [0.29, 0.717) is 24.8 Å². The molecule has 0 aromatic heterocycles. The Hall–Kier alpha value is -0.870. The molecule has 1 aromatic rings. The molecule has 0 radical (unpaired) electrons. The van der Waals surface area contributed by atoms with E-state index in [1.807, 2.05) is 24.3 Å². The first-order valence-electron chi connectivity index (χ1n) is 5.51. The van der Waals surface area contributed by atoms with Crippen LogP contribution in [0.2, 0.25) is 5.02 Å². The highest BCUT2D eigenvalue weighted by molar-refractivity contribution is 6.30. The van der Waals surface area contributed by atoms with E-state index in [1.54, 1.807) is 6.08 Å². The molecule has 1 aromatic carbocycles. The fourth-order valence-electron chi connectivity index (χ4n) is 1.61. The van der Waals surface area contributed by atoms with Crippen molar-refractivity contribution in [1.82, 2.24) is 0 Å². The van der Waals surface area contributed by atoms with Crippen LogP contribution in [0.5, 0.6) is 0 Å². The molecule has 17 heavy (non-hydrogen) atoms. The maximum absolute atomic E-state index is 5.82. The van der Waals surface area contributed by atoms with Crippen LogP contribution >= 0.6 is 11.6 Å². The maximum atomic E-state index is 5.82. The largest absolute Gasteiger partial charge is 0.375 e. The zero-order chi connectivity index (χ0) is 12.1. The molecule has 2 atom stereocenters. The van der Waals surface area contributed by atoms with Gasteiger partial charge in [0.05, 0.1) is 19.8 Å². The molecule has 1 fully saturated rings. The lowest BCUT2D eigenvalue weighted by Gasteiger charge is -2.11. The summed E-state index contributed by atoms with van der Waals surface area (Å²) in [6.07, 6.45) is 1.38. The molecular formula is C13H15ClO3. The Bertz CT molecular complexity index is 363. The second-order valence-electron chi connectivity index (χ2n) is 3.80. The first-order valence-corrected chi connectivity index (χ1v) is 5.88. The summed E-state index contributed by atoms with van der Waals surface area (Å²) in [5.74, 6) is 0. The standard InChI is InChI=1S/C13H15ClO3/c1-2-7-15-8-12-9-16-13(17-12)10-3-5-11(14)6-4-10/h2-6,12-13H,1,7-9H2. The molecule has 0 bridgehead atoms. The Morgan fingerprint density at radius 1 is 1.41 bits per heavy atom. The van der Waals surface area contributed by atoms with Crippen molar-refractivity contribution >= 4 is 11.6 Å². The van der Waals surface area contributed by atoms with Gasteiger partial charge in [0.1, 0.15) is 6.10 Å². The van der Waals surface area contributed by atoms with Crippen molar-refractivity contribution < 1.29 is 14.2 Å². The minimum Gasteiger partial charge on any atom is -0.375 e. The van der Waals surface area contributed by atoms with Crippen LogP contribution in [0.4, 0.5) is 0 Å². The molecule has 1 saturated heterocycles. The highest BCUT2D eigenvalue weighted by Gasteiger charge is 2.27. The molecule has 0 saturated carbocycles. The highest BCUT2D eigenvalue weighted by Crippen LogP contribution is 2.27. The number of halogens is 1. The lowest BCUT2D eigenvalue weighted by Crippen LogP contribution is -2.17. The Kier molecular flexibility index (Phi) is 4.57. The summed E-state index contributed by atoms with van der Waals surface area (Å²) in [5.41, 5.74) is 0.973. The lowest BCUT2D eigenvalue weighted by molar-refractivity contribution is -0.0722. The smallest absolute Gasteiger partial charge is 0.184 e. The van der Waals surface area contributed by atoms with Gasteiger partial charge in [-0.2, -0.15) is 0 Å². The van der Waals surface area contributed by atoms with Crippen molar-refractivity contribution in [1.29, 1.82) is 0 Å². The van der Waals surface area contributed by atoms with Crippen LogP contribution in [0.1, 0.15) is 11.9 Å². The molecule has 1 heterocycles. The fraction of sp³-hybridized carbons (Fsp3) is 0.385. The molecule has 0 aliphatic carbocycles. The Labute approximate surface area is 106 Å². The Morgan fingerprint density at radius 3 is 2.88 bits per heavy atom. The van der Waals surface area contributed by atoms with Crippen molar-refractivity contribution in [3.05, 3.63) is 47.5 Å². The van der Waals surface area contributed by atoms with Crippen molar-refractivity contribution in [2.24, 2.45) is 0 Å². The third-order valence-electron chi connectivity index (χ3n) is 2.43. The van der Waals surface area contributed by atoms with E-state index in [9.17, 15) is 0 Å². The summed E-state index contributed by atoms with van der Waals surface area (Å²) >= 11 is 5.82. The second-order valence-corrected chi connectivity index (χ2v) is 4.24. The minimum absolute atomic E-state index is 0.0179. The summed E-state index contributed by atoms with van der Waals surface area (Å²) in [4.78, 5) is 0. The number of hydrogen-bond acceptors (Lipinski definition) is 3. The fourth-order valence-corrected chi connectivity index (χ4v) is 1.74. The molecule has 0 N–H and O–H groups in total. The van der Waals surface area contributed by atoms with Gasteiger partial charge in [0.2, 0.25) is 0 Å². The van der Waals surface area contributed by atoms with E-state index >= 15 is 0 Å². The highest BCUT2D eigenvalue weighted by atomic mass is 35.5. The lowest BCUT2D eigenvalue weighted by atomic mass is 10.2. The van der Waals surface area contributed by atoms with E-state index in [4.69, 9.17) is 25.8 Å². The number of rotatable bonds is 5. The van der Waals surface area contributed by atoms with Crippen molar-refractivity contribution in [3.63, 3.8) is 0 Å². The van der Waals surface area contributed by atoms with E-state index in [1.165, 1.54) is 0 Å². The van der Waals surface area contributed by atoms with Gasteiger partial charge in [0.25, 0.3) is 0 Å². The van der Waals surface area contributed by atoms with Gasteiger partial charge in [0.15, 0.2) is 6.29 Å². The third kappa shape index (κ3) is 3.54. The van der Waals surface area contributed by atoms with Crippen LogP contribution in [-0.4, -0.2) is 25.9 Å². The maximum Gasteiger partial charge on any atom is 0.184 e. The predicted molar refractivity (Wildman–Crippen MR) is 66.0 cm³/mol. The van der Waals surface area contributed by atoms with Gasteiger partial charge in [0, 0.05) is 10.6 Å². The van der Waals surface area contributed by atoms with E-state index in [-0.39, 0.29) is 12.4 Å². The molecule has 2 rings (SSSR count). The molecule has 2 unspecified atom stereocenters. The molecule has 0 spiro atoms. The first kappa shape index (κ1) is 12.6. The summed E-state index contributed by atoms with van der Waals surface area (Å²) in [7, 11) is 0. The number of benzene rings is 1. The predicted octanol–water partition coefficient (Wildman–Crippen LogP) is 2.96. The molecule has 92 valence electrons. The summed E-state index contributed by atoms with van der Waals surface area (Å²) in [5, 5.41) is 0.706. The molecule has 0 amide bonds. The molecule has 3 nitrogen and oxygen atoms in total. The van der Waals surface area contributed by atoms with Crippen LogP contribution in [-0.2, 0) is 14.2 Å². The monoisotopic (exact) mass is 254 g/mol. The SMILES string of the molecule is C=CCOCC1COC(c2ccc(Cl)cc2)O1. The minimum atomic E-state index is -0.315. The molecule has 1 aliphatic heterocycles. The van der Waals surface area contributed by atoms with Crippen LogP contribution in [0.25, 0.3) is 0 Å². The van der Waals surface area contributed by atoms with Gasteiger partial charge in [-0.3, -0.25) is 0 Å². The third-order valence-corrected chi connectivity index (χ3v) is 2.68. The Morgan fingerprint density at radius 2 is 2.18 bits per heavy atom. The Balaban J connectivity index is 1.84. The van der Waals surface area contributed by atoms with Gasteiger partial charge in [-0.25, -0.2) is 0 Å². The van der Waals surface area contributed by atoms with Crippen LogP contribution in [0, 0.1) is 0 Å². The van der Waals surface area contributed by atoms with E-state index in [0.717, 1.165) is 5.56 Å². The topological polar surface area (TPSA) is 27.7 Å². The average molecular weight is 255 g/mol. The average Bonchev–Trinajstić information content (AvgIpc) is 2.79. The van der Waals surface area contributed by atoms with Gasteiger partial charge in [-0.15, -0.1) is 6.58 Å². The van der Waals surface area contributed by atoms with E-state index < -0.39 is 0 Å². The van der Waals surface area contributed by atoms with Crippen LogP contribution < -0.4 is 0 Å². The summed E-state index contributed by atoms with van der Waals surface area (Å²) in [6.45, 7) is 5.19. The number of ether oxygens (including phenoxy) is 3. The van der Waals surface area contributed by atoms with Crippen LogP contribution in [0.15, 0.2) is 36.9 Å². The molecular weight excluding hydrogens is 240 g/mol. The molecule has 1 aliphatic rings. The zero-order valence-electron chi connectivity index (χ0n) is 9.47. The number of hydrogen-bond donors (Lipinski definition) is 0. The van der Waals surface area contributed by atoms with Gasteiger partial charge in [-0.1, -0.05) is 29.8 Å². The van der Waals surface area contributed by atoms with Gasteiger partial charge in [-0.05, 0) is 12.1 Å². The first-order chi connectivity index (χ1) is 8.29. The van der Waals surface area contributed by atoms with Crippen LogP contribution in [0.3, 0.4) is 0 Å². The normalized spacial score (nSPS) is 23.8. The quantitative estimate of drug-likeness (QED) is 0.597. The molecule has 4 heteroatoms. The zero-order valence-corrected chi connectivity index (χ0v) is 10.2. The van der Waals surface area contributed by atoms with Gasteiger partial charge < -0.3 is 14.2 Å². The van der Waals surface area contributed by atoms with Crippen molar-refractivity contribution in [2.75, 3.05) is 19.8 Å². The van der Waals surface area contributed by atoms with Gasteiger partial charge >= 0.3 is 0 Å². The summed E-state index contributed by atoms with van der Waals surface area (Å²) < 4.78 is 16.6. The summed E-state index contributed by atoms with van der Waals surface area (Å²) in [6, 6.07) is 7.45. The van der Waals surface area contributed by atoms with Crippen molar-refractivity contribution in [2.45, 2.75) is 12.4 Å².